The number of aliphatic hydroxyl groups is 1. The van der Waals surface area contributed by atoms with Gasteiger partial charge in [0.15, 0.2) is 0 Å². The standard InChI is InChI=1S/C5H9N3.C4H9BrO.C2H6/c1-3-5-6-4(2)7-8-5;1-2-4(6)3-5;1-2/h7H,2-3H2,1H3,(H,6,8);4,6H,2-3H2,1H3;1-2H3. The van der Waals surface area contributed by atoms with Crippen LogP contribution in [0.4, 0.5) is 0 Å². The molecule has 0 aliphatic carbocycles. The van der Waals surface area contributed by atoms with Crippen LogP contribution in [0.25, 0.3) is 0 Å². The first kappa shape index (κ1) is 17.8. The maximum Gasteiger partial charge on any atom is 0.139 e. The molecule has 0 saturated carbocycles. The van der Waals surface area contributed by atoms with E-state index in [1.165, 1.54) is 0 Å². The van der Waals surface area contributed by atoms with Crippen molar-refractivity contribution in [3.05, 3.63) is 12.4 Å². The van der Waals surface area contributed by atoms with Crippen LogP contribution in [-0.2, 0) is 0 Å². The number of aliphatic hydroxyl groups excluding tert-OH is 1. The molecule has 16 heavy (non-hydrogen) atoms. The zero-order valence-corrected chi connectivity index (χ0v) is 12.3. The van der Waals surface area contributed by atoms with Gasteiger partial charge in [0.1, 0.15) is 11.7 Å². The molecule has 1 aliphatic rings. The Hall–Kier alpha value is -0.550. The van der Waals surface area contributed by atoms with Crippen molar-refractivity contribution >= 4 is 21.8 Å². The minimum atomic E-state index is -0.148. The van der Waals surface area contributed by atoms with Crippen LogP contribution in [0.15, 0.2) is 17.4 Å². The molecule has 0 aromatic heterocycles. The van der Waals surface area contributed by atoms with Crippen LogP contribution in [0.1, 0.15) is 40.5 Å². The largest absolute Gasteiger partial charge is 0.392 e. The Kier molecular flexibility index (Phi) is 14.0. The van der Waals surface area contributed by atoms with Gasteiger partial charge < -0.3 is 5.11 Å². The van der Waals surface area contributed by atoms with Crippen molar-refractivity contribution in [2.45, 2.75) is 46.6 Å². The minimum Gasteiger partial charge on any atom is -0.392 e. The van der Waals surface area contributed by atoms with Gasteiger partial charge in [0.2, 0.25) is 0 Å². The van der Waals surface area contributed by atoms with E-state index in [1.807, 2.05) is 27.7 Å². The summed E-state index contributed by atoms with van der Waals surface area (Å²) >= 11 is 3.12. The lowest BCUT2D eigenvalue weighted by atomic mass is 10.3. The molecule has 96 valence electrons. The smallest absolute Gasteiger partial charge is 0.139 e. The molecule has 0 saturated heterocycles. The van der Waals surface area contributed by atoms with Crippen LogP contribution in [-0.4, -0.2) is 22.4 Å². The lowest BCUT2D eigenvalue weighted by molar-refractivity contribution is 0.196. The highest BCUT2D eigenvalue weighted by Crippen LogP contribution is 1.94. The van der Waals surface area contributed by atoms with E-state index in [0.29, 0.717) is 11.2 Å². The minimum absolute atomic E-state index is 0.148. The van der Waals surface area contributed by atoms with Crippen molar-refractivity contribution < 1.29 is 5.11 Å². The van der Waals surface area contributed by atoms with Crippen LogP contribution < -0.4 is 10.9 Å². The van der Waals surface area contributed by atoms with Gasteiger partial charge >= 0.3 is 0 Å². The second-order valence-corrected chi connectivity index (χ2v) is 3.47. The lowest BCUT2D eigenvalue weighted by Gasteiger charge is -1.96. The lowest BCUT2D eigenvalue weighted by Crippen LogP contribution is -2.27. The van der Waals surface area contributed by atoms with Gasteiger partial charge in [-0.05, 0) is 6.42 Å². The summed E-state index contributed by atoms with van der Waals surface area (Å²) in [4.78, 5) is 4.01. The highest BCUT2D eigenvalue weighted by molar-refractivity contribution is 9.09. The number of alkyl halides is 1. The number of hydrogen-bond acceptors (Lipinski definition) is 4. The maximum absolute atomic E-state index is 8.62. The van der Waals surface area contributed by atoms with Crippen LogP contribution >= 0.6 is 15.9 Å². The second kappa shape index (κ2) is 12.5. The van der Waals surface area contributed by atoms with Crippen LogP contribution in [0.2, 0.25) is 0 Å². The molecule has 3 N–H and O–H groups in total. The zero-order valence-electron chi connectivity index (χ0n) is 10.7. The summed E-state index contributed by atoms with van der Waals surface area (Å²) in [6.07, 6.45) is 1.61. The van der Waals surface area contributed by atoms with Crippen LogP contribution in [0, 0.1) is 0 Å². The third-order valence-corrected chi connectivity index (χ3v) is 2.35. The molecule has 1 rings (SSSR count). The van der Waals surface area contributed by atoms with Crippen LogP contribution in [0.5, 0.6) is 0 Å². The Bertz CT molecular complexity index is 203. The molecule has 1 heterocycles. The number of aliphatic imine (C=N–C) groups is 1. The van der Waals surface area contributed by atoms with E-state index >= 15 is 0 Å². The summed E-state index contributed by atoms with van der Waals surface area (Å²) in [7, 11) is 0. The number of hydrogen-bond donors (Lipinski definition) is 3. The SMILES string of the molecule is C=C1N=C(CC)NN1.CC.CCC(O)CBr. The number of amidine groups is 1. The molecule has 1 aliphatic heterocycles. The predicted molar refractivity (Wildman–Crippen MR) is 74.6 cm³/mol. The third-order valence-electron chi connectivity index (χ3n) is 1.61. The number of rotatable bonds is 3. The average Bonchev–Trinajstić information content (AvgIpc) is 2.77. The summed E-state index contributed by atoms with van der Waals surface area (Å²) in [6.45, 7) is 11.6. The van der Waals surface area contributed by atoms with E-state index in [2.05, 4.69) is 38.4 Å². The van der Waals surface area contributed by atoms with Gasteiger partial charge in [0, 0.05) is 11.8 Å². The monoisotopic (exact) mass is 293 g/mol. The van der Waals surface area contributed by atoms with Gasteiger partial charge in [0.05, 0.1) is 6.10 Å². The van der Waals surface area contributed by atoms with Crippen molar-refractivity contribution in [1.82, 2.24) is 10.9 Å². The fraction of sp³-hybridized carbons (Fsp3) is 0.727. The predicted octanol–water partition coefficient (Wildman–Crippen LogP) is 2.55. The number of nitrogens with zero attached hydrogens (tertiary/aromatic N) is 1. The fourth-order valence-corrected chi connectivity index (χ4v) is 1.10. The van der Waals surface area contributed by atoms with Gasteiger partial charge in [-0.1, -0.05) is 50.2 Å². The number of hydrazine groups is 1. The first-order valence-corrected chi connectivity index (χ1v) is 6.78. The summed E-state index contributed by atoms with van der Waals surface area (Å²) in [5, 5.41) is 9.32. The molecule has 1 unspecified atom stereocenters. The molecular weight excluding hydrogens is 270 g/mol. The molecule has 0 fully saturated rings. The van der Waals surface area contributed by atoms with Gasteiger partial charge in [-0.15, -0.1) is 0 Å². The second-order valence-electron chi connectivity index (χ2n) is 2.83. The van der Waals surface area contributed by atoms with Crippen molar-refractivity contribution in [2.75, 3.05) is 5.33 Å². The maximum atomic E-state index is 8.62. The van der Waals surface area contributed by atoms with Crippen molar-refractivity contribution in [1.29, 1.82) is 0 Å². The molecule has 0 spiro atoms. The van der Waals surface area contributed by atoms with E-state index < -0.39 is 0 Å². The van der Waals surface area contributed by atoms with E-state index in [1.54, 1.807) is 0 Å². The summed E-state index contributed by atoms with van der Waals surface area (Å²) in [6, 6.07) is 0. The summed E-state index contributed by atoms with van der Waals surface area (Å²) < 4.78 is 0. The summed E-state index contributed by atoms with van der Waals surface area (Å²) in [5.41, 5.74) is 5.63. The first-order valence-electron chi connectivity index (χ1n) is 5.66. The topological polar surface area (TPSA) is 56.7 Å². The Morgan fingerprint density at radius 2 is 1.94 bits per heavy atom. The zero-order chi connectivity index (χ0) is 13.0. The quantitative estimate of drug-likeness (QED) is 0.701. The molecule has 0 radical (unpaired) electrons. The van der Waals surface area contributed by atoms with Crippen LogP contribution in [0.3, 0.4) is 0 Å². The fourth-order valence-electron chi connectivity index (χ4n) is 0.640. The molecule has 0 amide bonds. The Labute approximate surface area is 107 Å². The number of halogens is 1. The Balaban J connectivity index is 0. The molecule has 0 aromatic rings. The molecule has 0 aromatic carbocycles. The van der Waals surface area contributed by atoms with Gasteiger partial charge in [-0.3, -0.25) is 10.9 Å². The van der Waals surface area contributed by atoms with E-state index in [-0.39, 0.29) is 6.10 Å². The third kappa shape index (κ3) is 9.98. The first-order chi connectivity index (χ1) is 7.63. The number of nitrogens with one attached hydrogen (secondary N) is 2. The average molecular weight is 294 g/mol. The normalized spacial score (nSPS) is 14.4. The summed E-state index contributed by atoms with van der Waals surface area (Å²) in [5.74, 6) is 1.65. The molecule has 4 nitrogen and oxygen atoms in total. The van der Waals surface area contributed by atoms with Gasteiger partial charge in [-0.25, -0.2) is 4.99 Å². The Morgan fingerprint density at radius 1 is 1.38 bits per heavy atom. The van der Waals surface area contributed by atoms with E-state index in [0.717, 1.165) is 18.7 Å². The molecule has 5 heteroatoms. The van der Waals surface area contributed by atoms with Gasteiger partial charge in [-0.2, -0.15) is 0 Å². The highest BCUT2D eigenvalue weighted by atomic mass is 79.9. The Morgan fingerprint density at radius 3 is 2.06 bits per heavy atom. The van der Waals surface area contributed by atoms with Gasteiger partial charge in [0.25, 0.3) is 0 Å². The van der Waals surface area contributed by atoms with Crippen molar-refractivity contribution in [3.63, 3.8) is 0 Å². The van der Waals surface area contributed by atoms with E-state index in [4.69, 9.17) is 5.11 Å². The highest BCUT2D eigenvalue weighted by Gasteiger charge is 2.02. The van der Waals surface area contributed by atoms with Crippen molar-refractivity contribution in [3.8, 4) is 0 Å². The van der Waals surface area contributed by atoms with Crippen molar-refractivity contribution in [2.24, 2.45) is 4.99 Å². The molecule has 1 atom stereocenters. The molecular formula is C11H24BrN3O. The van der Waals surface area contributed by atoms with E-state index in [9.17, 15) is 0 Å². The molecule has 0 bridgehead atoms.